The first-order chi connectivity index (χ1) is 11.7. The number of hydrogen-bond acceptors (Lipinski definition) is 1. The quantitative estimate of drug-likeness (QED) is 0.609. The molecule has 0 spiro atoms. The molecule has 1 unspecified atom stereocenters. The fourth-order valence-electron chi connectivity index (χ4n) is 2.87. The van der Waals surface area contributed by atoms with Crippen molar-refractivity contribution in [2.75, 3.05) is 5.32 Å². The van der Waals surface area contributed by atoms with Crippen molar-refractivity contribution in [1.29, 1.82) is 0 Å². The first kappa shape index (κ1) is 16.5. The smallest absolute Gasteiger partial charge is 0.171 e. The summed E-state index contributed by atoms with van der Waals surface area (Å²) in [6, 6.07) is 23.3. The molecule has 1 atom stereocenters. The van der Waals surface area contributed by atoms with Crippen LogP contribution in [-0.2, 0) is 0 Å². The predicted molar refractivity (Wildman–Crippen MR) is 108 cm³/mol. The van der Waals surface area contributed by atoms with E-state index in [0.29, 0.717) is 5.11 Å². The van der Waals surface area contributed by atoms with Gasteiger partial charge in [0, 0.05) is 11.1 Å². The highest BCUT2D eigenvalue weighted by atomic mass is 32.1. The minimum absolute atomic E-state index is 0.209. The van der Waals surface area contributed by atoms with Crippen molar-refractivity contribution >= 4 is 33.8 Å². The summed E-state index contributed by atoms with van der Waals surface area (Å²) in [5.74, 6) is 0. The maximum atomic E-state index is 5.55. The Morgan fingerprint density at radius 2 is 1.67 bits per heavy atom. The molecular formula is C21H22N2S. The summed E-state index contributed by atoms with van der Waals surface area (Å²) < 4.78 is 0. The van der Waals surface area contributed by atoms with Crippen LogP contribution in [0.15, 0.2) is 66.7 Å². The first-order valence-corrected chi connectivity index (χ1v) is 8.70. The average Bonchev–Trinajstić information content (AvgIpc) is 2.61. The molecule has 0 amide bonds. The zero-order chi connectivity index (χ0) is 16.9. The molecule has 3 aromatic carbocycles. The van der Waals surface area contributed by atoms with Crippen LogP contribution < -0.4 is 10.6 Å². The van der Waals surface area contributed by atoms with E-state index in [2.05, 4.69) is 73.0 Å². The van der Waals surface area contributed by atoms with Gasteiger partial charge >= 0.3 is 0 Å². The van der Waals surface area contributed by atoms with E-state index in [0.717, 1.165) is 12.1 Å². The second-order valence-electron chi connectivity index (χ2n) is 6.00. The van der Waals surface area contributed by atoms with Gasteiger partial charge in [0.1, 0.15) is 0 Å². The van der Waals surface area contributed by atoms with Gasteiger partial charge < -0.3 is 10.6 Å². The van der Waals surface area contributed by atoms with Gasteiger partial charge in [0.25, 0.3) is 0 Å². The molecule has 2 nitrogen and oxygen atoms in total. The zero-order valence-corrected chi connectivity index (χ0v) is 14.9. The van der Waals surface area contributed by atoms with Gasteiger partial charge in [0.15, 0.2) is 5.11 Å². The maximum absolute atomic E-state index is 5.55. The molecule has 3 rings (SSSR count). The molecule has 0 saturated carbocycles. The van der Waals surface area contributed by atoms with Gasteiger partial charge in [-0.2, -0.15) is 0 Å². The average molecular weight is 334 g/mol. The number of aryl methyl sites for hydroxylation is 1. The Morgan fingerprint density at radius 3 is 2.42 bits per heavy atom. The van der Waals surface area contributed by atoms with Crippen molar-refractivity contribution in [2.24, 2.45) is 0 Å². The molecule has 3 heteroatoms. The Hall–Kier alpha value is -2.39. The van der Waals surface area contributed by atoms with E-state index in [1.807, 2.05) is 18.2 Å². The molecule has 0 aliphatic heterocycles. The van der Waals surface area contributed by atoms with Crippen LogP contribution >= 0.6 is 12.2 Å². The van der Waals surface area contributed by atoms with Crippen LogP contribution in [0.4, 0.5) is 5.69 Å². The summed E-state index contributed by atoms with van der Waals surface area (Å²) in [6.07, 6.45) is 0.973. The van der Waals surface area contributed by atoms with E-state index in [1.54, 1.807) is 0 Å². The van der Waals surface area contributed by atoms with Crippen molar-refractivity contribution < 1.29 is 0 Å². The Bertz CT molecular complexity index is 835. The molecule has 0 saturated heterocycles. The lowest BCUT2D eigenvalue weighted by atomic mass is 10.0. The summed E-state index contributed by atoms with van der Waals surface area (Å²) in [5, 5.41) is 9.82. The molecule has 122 valence electrons. The lowest BCUT2D eigenvalue weighted by molar-refractivity contribution is 0.629. The Morgan fingerprint density at radius 1 is 0.958 bits per heavy atom. The Labute approximate surface area is 148 Å². The number of hydrogen-bond donors (Lipinski definition) is 2. The third kappa shape index (κ3) is 3.74. The van der Waals surface area contributed by atoms with E-state index >= 15 is 0 Å². The van der Waals surface area contributed by atoms with Crippen molar-refractivity contribution in [3.63, 3.8) is 0 Å². The molecule has 0 fully saturated rings. The van der Waals surface area contributed by atoms with Crippen molar-refractivity contribution in [1.82, 2.24) is 5.32 Å². The fourth-order valence-corrected chi connectivity index (χ4v) is 3.12. The van der Waals surface area contributed by atoms with Gasteiger partial charge in [0.2, 0.25) is 0 Å². The van der Waals surface area contributed by atoms with E-state index in [9.17, 15) is 0 Å². The van der Waals surface area contributed by atoms with Crippen LogP contribution in [0.2, 0.25) is 0 Å². The summed E-state index contributed by atoms with van der Waals surface area (Å²) in [5.41, 5.74) is 3.56. The maximum Gasteiger partial charge on any atom is 0.171 e. The van der Waals surface area contributed by atoms with Crippen LogP contribution in [0.25, 0.3) is 10.8 Å². The van der Waals surface area contributed by atoms with Gasteiger partial charge in [-0.05, 0) is 42.6 Å². The summed E-state index contributed by atoms with van der Waals surface area (Å²) in [6.45, 7) is 4.27. The molecule has 0 bridgehead atoms. The normalized spacial score (nSPS) is 11.9. The SMILES string of the molecule is CCC(NC(=S)Nc1cccc2ccccc12)c1ccc(C)cc1. The highest BCUT2D eigenvalue weighted by Crippen LogP contribution is 2.23. The van der Waals surface area contributed by atoms with Gasteiger partial charge in [-0.25, -0.2) is 0 Å². The second kappa shape index (κ2) is 7.45. The number of fused-ring (bicyclic) bond motifs is 1. The van der Waals surface area contributed by atoms with Gasteiger partial charge in [-0.3, -0.25) is 0 Å². The van der Waals surface area contributed by atoms with E-state index in [-0.39, 0.29) is 6.04 Å². The van der Waals surface area contributed by atoms with Gasteiger partial charge in [-0.1, -0.05) is 73.2 Å². The summed E-state index contributed by atoms with van der Waals surface area (Å²) in [7, 11) is 0. The largest absolute Gasteiger partial charge is 0.356 e. The van der Waals surface area contributed by atoms with Crippen LogP contribution in [0.5, 0.6) is 0 Å². The molecule has 0 aliphatic rings. The lowest BCUT2D eigenvalue weighted by Crippen LogP contribution is -2.32. The highest BCUT2D eigenvalue weighted by molar-refractivity contribution is 7.80. The molecule has 24 heavy (non-hydrogen) atoms. The molecular weight excluding hydrogens is 312 g/mol. The van der Waals surface area contributed by atoms with E-state index in [1.165, 1.54) is 21.9 Å². The van der Waals surface area contributed by atoms with E-state index < -0.39 is 0 Å². The van der Waals surface area contributed by atoms with Crippen molar-refractivity contribution in [3.8, 4) is 0 Å². The molecule has 0 aliphatic carbocycles. The molecule has 0 heterocycles. The monoisotopic (exact) mass is 334 g/mol. The zero-order valence-electron chi connectivity index (χ0n) is 14.0. The number of thiocarbonyl (C=S) groups is 1. The van der Waals surface area contributed by atoms with Crippen LogP contribution in [-0.4, -0.2) is 5.11 Å². The Balaban J connectivity index is 1.75. The van der Waals surface area contributed by atoms with Crippen LogP contribution in [0.1, 0.15) is 30.5 Å². The molecule has 0 radical (unpaired) electrons. The van der Waals surface area contributed by atoms with Gasteiger partial charge in [-0.15, -0.1) is 0 Å². The number of rotatable bonds is 4. The standard InChI is InChI=1S/C21H22N2S/c1-3-19(17-13-11-15(2)12-14-17)22-21(24)23-20-10-6-8-16-7-4-5-9-18(16)20/h4-14,19H,3H2,1-2H3,(H2,22,23,24). The lowest BCUT2D eigenvalue weighted by Gasteiger charge is -2.20. The minimum atomic E-state index is 0.209. The van der Waals surface area contributed by atoms with E-state index in [4.69, 9.17) is 12.2 Å². The van der Waals surface area contributed by atoms with Crippen molar-refractivity contribution in [3.05, 3.63) is 77.9 Å². The number of benzene rings is 3. The fraction of sp³-hybridized carbons (Fsp3) is 0.190. The third-order valence-electron chi connectivity index (χ3n) is 4.23. The predicted octanol–water partition coefficient (Wildman–Crippen LogP) is 5.59. The third-order valence-corrected chi connectivity index (χ3v) is 4.45. The topological polar surface area (TPSA) is 24.1 Å². The Kier molecular flexibility index (Phi) is 5.11. The van der Waals surface area contributed by atoms with Crippen LogP contribution in [0, 0.1) is 6.92 Å². The van der Waals surface area contributed by atoms with Crippen LogP contribution in [0.3, 0.4) is 0 Å². The molecule has 2 N–H and O–H groups in total. The van der Waals surface area contributed by atoms with Gasteiger partial charge in [0.05, 0.1) is 6.04 Å². The number of anilines is 1. The number of nitrogens with one attached hydrogen (secondary N) is 2. The second-order valence-corrected chi connectivity index (χ2v) is 6.40. The molecule has 0 aromatic heterocycles. The summed E-state index contributed by atoms with van der Waals surface area (Å²) in [4.78, 5) is 0. The van der Waals surface area contributed by atoms with Crippen molar-refractivity contribution in [2.45, 2.75) is 26.3 Å². The summed E-state index contributed by atoms with van der Waals surface area (Å²) >= 11 is 5.55. The highest BCUT2D eigenvalue weighted by Gasteiger charge is 2.11. The first-order valence-electron chi connectivity index (χ1n) is 8.29. The molecule has 3 aromatic rings. The minimum Gasteiger partial charge on any atom is -0.356 e.